The highest BCUT2D eigenvalue weighted by Crippen LogP contribution is 2.44. The molecule has 2 aromatic carbocycles. The third-order valence-electron chi connectivity index (χ3n) is 7.20. The summed E-state index contributed by atoms with van der Waals surface area (Å²) in [7, 11) is 0. The van der Waals surface area contributed by atoms with E-state index in [0.29, 0.717) is 0 Å². The van der Waals surface area contributed by atoms with Gasteiger partial charge < -0.3 is 41.4 Å². The van der Waals surface area contributed by atoms with Crippen LogP contribution in [0.3, 0.4) is 0 Å². The van der Waals surface area contributed by atoms with E-state index in [2.05, 4.69) is 38.5 Å². The van der Waals surface area contributed by atoms with Crippen molar-refractivity contribution in [3.8, 4) is 11.1 Å². The number of rotatable bonds is 6. The lowest BCUT2D eigenvalue weighted by atomic mass is 9.98. The van der Waals surface area contributed by atoms with E-state index in [1.54, 1.807) is 0 Å². The summed E-state index contributed by atoms with van der Waals surface area (Å²) in [5.74, 6) is -2.47. The topological polar surface area (TPSA) is 193 Å². The Hall–Kier alpha value is -5.40. The average molecular weight is 621 g/mol. The number of hydrogen-bond donors (Lipinski definition) is 6. The van der Waals surface area contributed by atoms with Crippen molar-refractivity contribution in [2.45, 2.75) is 30.8 Å². The number of ether oxygens (including phenoxy) is 2. The second-order valence-electron chi connectivity index (χ2n) is 10.3. The summed E-state index contributed by atoms with van der Waals surface area (Å²) < 4.78 is 10.4. The minimum Gasteiger partial charge on any atom is -0.449 e. The molecule has 1 unspecified atom stereocenters. The average Bonchev–Trinajstić information content (AvgIpc) is 3.35. The zero-order valence-corrected chi connectivity index (χ0v) is 24.6. The fourth-order valence-electron chi connectivity index (χ4n) is 4.97. The largest absolute Gasteiger partial charge is 0.449 e. The molecule has 0 saturated carbocycles. The molecule has 238 valence electrons. The van der Waals surface area contributed by atoms with Gasteiger partial charge in [-0.05, 0) is 22.3 Å². The highest BCUT2D eigenvalue weighted by atomic mass is 16.6. The summed E-state index contributed by atoms with van der Waals surface area (Å²) in [5, 5.41) is 15.0. The molecule has 0 bridgehead atoms. The summed E-state index contributed by atoms with van der Waals surface area (Å²) in [4.78, 5) is 75.2. The van der Waals surface area contributed by atoms with E-state index >= 15 is 0 Å². The number of carbonyl (C=O) groups is 6. The first-order valence-corrected chi connectivity index (χ1v) is 14.5. The molecule has 2 aliphatic rings. The van der Waals surface area contributed by atoms with Gasteiger partial charge in [0.1, 0.15) is 25.3 Å². The van der Waals surface area contributed by atoms with Gasteiger partial charge in [-0.15, -0.1) is 0 Å². The van der Waals surface area contributed by atoms with Gasteiger partial charge in [0.05, 0.1) is 0 Å². The van der Waals surface area contributed by atoms with Gasteiger partial charge in [-0.25, -0.2) is 9.59 Å². The molecule has 6 amide bonds. The molecule has 4 rings (SSSR count). The summed E-state index contributed by atoms with van der Waals surface area (Å²) in [6.45, 7) is 2.65. The van der Waals surface area contributed by atoms with E-state index in [0.717, 1.165) is 22.3 Å². The second kappa shape index (κ2) is 15.9. The van der Waals surface area contributed by atoms with Crippen molar-refractivity contribution >= 4 is 35.8 Å². The van der Waals surface area contributed by atoms with Gasteiger partial charge in [0.25, 0.3) is 0 Å². The lowest BCUT2D eigenvalue weighted by Crippen LogP contribution is -2.55. The lowest BCUT2D eigenvalue weighted by molar-refractivity contribution is -0.124. The SMILES string of the molecule is C=CCOC(=O)NC1CNC(=O)CCNC(=O)[C@@H](NC(=O)OCC2c3ccccc3-c3ccccc32)CNC(=O)CCNC1=O. The Kier molecular flexibility index (Phi) is 11.5. The van der Waals surface area contributed by atoms with Crippen molar-refractivity contribution in [1.82, 2.24) is 31.9 Å². The molecule has 14 nitrogen and oxygen atoms in total. The van der Waals surface area contributed by atoms with Gasteiger partial charge in [-0.1, -0.05) is 61.2 Å². The maximum absolute atomic E-state index is 13.0. The monoisotopic (exact) mass is 620 g/mol. The van der Waals surface area contributed by atoms with Crippen LogP contribution in [0.2, 0.25) is 0 Å². The van der Waals surface area contributed by atoms with E-state index in [-0.39, 0.29) is 58.2 Å². The van der Waals surface area contributed by atoms with Crippen LogP contribution in [0.1, 0.15) is 29.9 Å². The van der Waals surface area contributed by atoms with E-state index in [1.807, 2.05) is 48.5 Å². The maximum Gasteiger partial charge on any atom is 0.408 e. The molecule has 2 aromatic rings. The molecule has 1 fully saturated rings. The molecule has 45 heavy (non-hydrogen) atoms. The van der Waals surface area contributed by atoms with Gasteiger partial charge in [-0.3, -0.25) is 19.2 Å². The molecule has 1 saturated heterocycles. The van der Waals surface area contributed by atoms with Gasteiger partial charge in [0, 0.05) is 44.9 Å². The van der Waals surface area contributed by atoms with Gasteiger partial charge in [-0.2, -0.15) is 0 Å². The summed E-state index contributed by atoms with van der Waals surface area (Å²) in [6, 6.07) is 13.4. The van der Waals surface area contributed by atoms with Crippen LogP contribution < -0.4 is 31.9 Å². The minimum atomic E-state index is -1.20. The van der Waals surface area contributed by atoms with Crippen molar-refractivity contribution in [3.05, 3.63) is 72.3 Å². The number of carbonyl (C=O) groups excluding carboxylic acids is 6. The van der Waals surface area contributed by atoms with Crippen molar-refractivity contribution in [1.29, 1.82) is 0 Å². The molecule has 0 aromatic heterocycles. The highest BCUT2D eigenvalue weighted by molar-refractivity contribution is 5.89. The van der Waals surface area contributed by atoms with Gasteiger partial charge >= 0.3 is 12.2 Å². The van der Waals surface area contributed by atoms with Crippen LogP contribution in [0.5, 0.6) is 0 Å². The quantitative estimate of drug-likeness (QED) is 0.250. The van der Waals surface area contributed by atoms with Crippen LogP contribution in [0.25, 0.3) is 11.1 Å². The molecular weight excluding hydrogens is 584 g/mol. The third-order valence-corrected chi connectivity index (χ3v) is 7.20. The molecule has 1 aliphatic heterocycles. The molecule has 2 atom stereocenters. The lowest BCUT2D eigenvalue weighted by Gasteiger charge is -2.21. The normalized spacial score (nSPS) is 19.4. The number of fused-ring (bicyclic) bond motifs is 3. The Morgan fingerprint density at radius 1 is 0.733 bits per heavy atom. The van der Waals surface area contributed by atoms with Crippen LogP contribution in [-0.4, -0.2) is 87.3 Å². The zero-order valence-electron chi connectivity index (χ0n) is 24.6. The highest BCUT2D eigenvalue weighted by Gasteiger charge is 2.30. The molecular formula is C31H36N6O8. The molecule has 0 spiro atoms. The molecule has 1 heterocycles. The molecule has 14 heteroatoms. The van der Waals surface area contributed by atoms with E-state index in [1.165, 1.54) is 6.08 Å². The number of nitrogens with one attached hydrogen (secondary N) is 6. The number of benzene rings is 2. The Bertz CT molecular complexity index is 1400. The van der Waals surface area contributed by atoms with Crippen LogP contribution in [-0.2, 0) is 28.7 Å². The minimum absolute atomic E-state index is 0.0300. The fraction of sp³-hybridized carbons (Fsp3) is 0.355. The van der Waals surface area contributed by atoms with Crippen LogP contribution in [0.15, 0.2) is 61.2 Å². The standard InChI is InChI=1S/C31H36N6O8/c1-2-15-44-30(42)36-24-16-34-26(38)12-14-33-29(41)25(17-35-27(39)11-13-32-28(24)40)37-31(43)45-18-23-21-9-5-3-7-19(21)20-8-4-6-10-22(20)23/h2-10,23-25H,1,11-18H2,(H,32,40)(H,33,41)(H,34,38)(H,35,39)(H,36,42)(H,37,43)/t24?,25-/m0/s1. The Balaban J connectivity index is 1.35. The van der Waals surface area contributed by atoms with Crippen molar-refractivity contribution in [3.63, 3.8) is 0 Å². The zero-order chi connectivity index (χ0) is 32.2. The first-order valence-electron chi connectivity index (χ1n) is 14.5. The van der Waals surface area contributed by atoms with E-state index in [9.17, 15) is 28.8 Å². The summed E-state index contributed by atoms with van der Waals surface area (Å²) in [6.07, 6.45) is -0.712. The van der Waals surface area contributed by atoms with E-state index in [4.69, 9.17) is 9.47 Å². The number of amides is 6. The maximum atomic E-state index is 13.0. The molecule has 6 N–H and O–H groups in total. The van der Waals surface area contributed by atoms with Crippen LogP contribution >= 0.6 is 0 Å². The number of hydrogen-bond acceptors (Lipinski definition) is 8. The van der Waals surface area contributed by atoms with Crippen molar-refractivity contribution < 1.29 is 38.2 Å². The Morgan fingerprint density at radius 2 is 1.20 bits per heavy atom. The fourth-order valence-corrected chi connectivity index (χ4v) is 4.97. The Morgan fingerprint density at radius 3 is 1.69 bits per heavy atom. The van der Waals surface area contributed by atoms with Crippen LogP contribution in [0, 0.1) is 0 Å². The smallest absolute Gasteiger partial charge is 0.408 e. The third kappa shape index (κ3) is 9.05. The van der Waals surface area contributed by atoms with Crippen molar-refractivity contribution in [2.75, 3.05) is 39.4 Å². The van der Waals surface area contributed by atoms with E-state index < -0.39 is 47.9 Å². The van der Waals surface area contributed by atoms with Gasteiger partial charge in [0.2, 0.25) is 23.6 Å². The van der Waals surface area contributed by atoms with Crippen molar-refractivity contribution in [2.24, 2.45) is 0 Å². The predicted octanol–water partition coefficient (Wildman–Crippen LogP) is 0.433. The first kappa shape index (κ1) is 32.5. The van der Waals surface area contributed by atoms with Crippen LogP contribution in [0.4, 0.5) is 9.59 Å². The predicted molar refractivity (Wildman–Crippen MR) is 162 cm³/mol. The summed E-state index contributed by atoms with van der Waals surface area (Å²) in [5.41, 5.74) is 4.20. The second-order valence-corrected chi connectivity index (χ2v) is 10.3. The molecule has 1 aliphatic carbocycles. The number of alkyl carbamates (subject to hydrolysis) is 2. The Labute approximate surface area is 259 Å². The first-order chi connectivity index (χ1) is 21.8. The summed E-state index contributed by atoms with van der Waals surface area (Å²) >= 11 is 0. The van der Waals surface area contributed by atoms with Gasteiger partial charge in [0.15, 0.2) is 0 Å². The molecule has 0 radical (unpaired) electrons.